The second-order valence-electron chi connectivity index (χ2n) is 4.39. The van der Waals surface area contributed by atoms with Gasteiger partial charge in [0.1, 0.15) is 6.61 Å². The van der Waals surface area contributed by atoms with Gasteiger partial charge in [0, 0.05) is 13.3 Å². The first-order chi connectivity index (χ1) is 9.58. The second-order valence-corrected chi connectivity index (χ2v) is 4.74. The van der Waals surface area contributed by atoms with Crippen molar-refractivity contribution >= 4 is 29.3 Å². The van der Waals surface area contributed by atoms with E-state index in [4.69, 9.17) is 21.7 Å². The van der Waals surface area contributed by atoms with Gasteiger partial charge in [-0.2, -0.15) is 0 Å². The van der Waals surface area contributed by atoms with Crippen molar-refractivity contribution < 1.29 is 19.1 Å². The summed E-state index contributed by atoms with van der Waals surface area (Å²) in [6.07, 6.45) is -0.562. The van der Waals surface area contributed by atoms with Crippen molar-refractivity contribution in [2.24, 2.45) is 0 Å². The molecule has 1 aliphatic rings. The lowest BCUT2D eigenvalue weighted by Gasteiger charge is -2.21. The summed E-state index contributed by atoms with van der Waals surface area (Å²) in [6, 6.07) is 9.38. The van der Waals surface area contributed by atoms with Gasteiger partial charge in [0.15, 0.2) is 6.10 Å². The Hall–Kier alpha value is -1.95. The first-order valence-electron chi connectivity index (χ1n) is 6.27. The van der Waals surface area contributed by atoms with Gasteiger partial charge in [0.05, 0.1) is 6.54 Å². The number of thiocarbonyl (C=S) groups is 1. The van der Waals surface area contributed by atoms with Crippen LogP contribution >= 0.6 is 12.2 Å². The molecule has 0 spiro atoms. The van der Waals surface area contributed by atoms with Crippen LogP contribution in [-0.2, 0) is 25.5 Å². The van der Waals surface area contributed by atoms with Crippen molar-refractivity contribution in [3.05, 3.63) is 35.9 Å². The molecule has 0 aliphatic carbocycles. The molecule has 0 saturated carbocycles. The molecule has 0 N–H and O–H groups in total. The molecule has 0 radical (unpaired) electrons. The quantitative estimate of drug-likeness (QED) is 0.619. The molecule has 1 amide bonds. The fourth-order valence-corrected chi connectivity index (χ4v) is 2.24. The maximum absolute atomic E-state index is 12.4. The number of hydrogen-bond donors (Lipinski definition) is 0. The number of carbonyl (C=O) groups excluding carboxylic acids is 2. The van der Waals surface area contributed by atoms with E-state index in [0.29, 0.717) is 19.6 Å². The fourth-order valence-electron chi connectivity index (χ4n) is 1.98. The molecule has 0 bridgehead atoms. The number of nitrogens with zero attached hydrogens (tertiary/aromatic N) is 1. The summed E-state index contributed by atoms with van der Waals surface area (Å²) in [5, 5.41) is 0.139. The van der Waals surface area contributed by atoms with Gasteiger partial charge in [-0.15, -0.1) is 0 Å². The van der Waals surface area contributed by atoms with Crippen LogP contribution in [0.1, 0.15) is 12.5 Å². The summed E-state index contributed by atoms with van der Waals surface area (Å²) in [4.78, 5) is 24.9. The summed E-state index contributed by atoms with van der Waals surface area (Å²) in [7, 11) is 0. The Bertz CT molecular complexity index is 517. The van der Waals surface area contributed by atoms with Gasteiger partial charge in [-0.05, 0) is 17.8 Å². The lowest BCUT2D eigenvalue weighted by atomic mass is 10.1. The standard InChI is InChI=1S/C14H15NO4S/c1-10(16)19-12(9-11-5-3-2-4-6-11)13(17)15-7-8-18-14(15)20/h2-6,12H,7-9H2,1H3/t12-/m1/s1. The number of rotatable bonds is 4. The highest BCUT2D eigenvalue weighted by atomic mass is 32.1. The highest BCUT2D eigenvalue weighted by Crippen LogP contribution is 2.13. The van der Waals surface area contributed by atoms with Crippen molar-refractivity contribution in [1.29, 1.82) is 0 Å². The maximum atomic E-state index is 12.4. The van der Waals surface area contributed by atoms with Crippen LogP contribution in [0.5, 0.6) is 0 Å². The molecule has 0 unspecified atom stereocenters. The summed E-state index contributed by atoms with van der Waals surface area (Å²) in [5.74, 6) is -0.836. The van der Waals surface area contributed by atoms with Gasteiger partial charge in [0.25, 0.3) is 11.1 Å². The molecular formula is C14H15NO4S. The monoisotopic (exact) mass is 293 g/mol. The largest absolute Gasteiger partial charge is 0.469 e. The topological polar surface area (TPSA) is 55.8 Å². The molecular weight excluding hydrogens is 278 g/mol. The summed E-state index contributed by atoms with van der Waals surface area (Å²) in [6.45, 7) is 2.05. The minimum absolute atomic E-state index is 0.139. The molecule has 1 atom stereocenters. The smallest absolute Gasteiger partial charge is 0.303 e. The molecule has 1 aliphatic heterocycles. The van der Waals surface area contributed by atoms with Gasteiger partial charge in [-0.1, -0.05) is 30.3 Å². The average molecular weight is 293 g/mol. The first kappa shape index (κ1) is 14.5. The van der Waals surface area contributed by atoms with E-state index in [1.165, 1.54) is 11.8 Å². The molecule has 20 heavy (non-hydrogen) atoms. The van der Waals surface area contributed by atoms with Gasteiger partial charge in [0.2, 0.25) is 0 Å². The highest BCUT2D eigenvalue weighted by molar-refractivity contribution is 7.80. The van der Waals surface area contributed by atoms with Gasteiger partial charge >= 0.3 is 5.97 Å². The average Bonchev–Trinajstić information content (AvgIpc) is 2.84. The SMILES string of the molecule is CC(=O)O[C@H](Cc1ccccc1)C(=O)N1CCOC1=S. The van der Waals surface area contributed by atoms with E-state index in [1.807, 2.05) is 30.3 Å². The Labute approximate surface area is 122 Å². The lowest BCUT2D eigenvalue weighted by molar-refractivity contribution is -0.156. The molecule has 1 saturated heterocycles. The van der Waals surface area contributed by atoms with Crippen LogP contribution in [0.15, 0.2) is 30.3 Å². The van der Waals surface area contributed by atoms with Crippen LogP contribution < -0.4 is 0 Å². The van der Waals surface area contributed by atoms with Crippen molar-refractivity contribution in [2.75, 3.05) is 13.2 Å². The van der Waals surface area contributed by atoms with E-state index in [9.17, 15) is 9.59 Å². The Balaban J connectivity index is 2.12. The molecule has 1 heterocycles. The van der Waals surface area contributed by atoms with E-state index in [-0.39, 0.29) is 11.1 Å². The number of carbonyl (C=O) groups is 2. The number of hydrogen-bond acceptors (Lipinski definition) is 5. The number of amides is 1. The normalized spacial score (nSPS) is 15.7. The van der Waals surface area contributed by atoms with Gasteiger partial charge < -0.3 is 9.47 Å². The minimum Gasteiger partial charge on any atom is -0.469 e. The zero-order chi connectivity index (χ0) is 14.5. The Morgan fingerprint density at radius 1 is 1.40 bits per heavy atom. The van der Waals surface area contributed by atoms with E-state index < -0.39 is 12.1 Å². The minimum atomic E-state index is -0.880. The third-order valence-electron chi connectivity index (χ3n) is 2.87. The second kappa shape index (κ2) is 6.47. The van der Waals surface area contributed by atoms with Crippen LogP contribution in [0.25, 0.3) is 0 Å². The highest BCUT2D eigenvalue weighted by Gasteiger charge is 2.33. The summed E-state index contributed by atoms with van der Waals surface area (Å²) in [5.41, 5.74) is 0.915. The van der Waals surface area contributed by atoms with E-state index in [1.54, 1.807) is 0 Å². The predicted octanol–water partition coefficient (Wildman–Crippen LogP) is 1.30. The maximum Gasteiger partial charge on any atom is 0.303 e. The lowest BCUT2D eigenvalue weighted by Crippen LogP contribution is -2.42. The van der Waals surface area contributed by atoms with Crippen LogP contribution in [0.4, 0.5) is 0 Å². The molecule has 2 rings (SSSR count). The third kappa shape index (κ3) is 3.54. The van der Waals surface area contributed by atoms with Crippen LogP contribution in [0, 0.1) is 0 Å². The van der Waals surface area contributed by atoms with Crippen molar-refractivity contribution in [2.45, 2.75) is 19.4 Å². The molecule has 6 heteroatoms. The Kier molecular flexibility index (Phi) is 4.68. The first-order valence-corrected chi connectivity index (χ1v) is 6.68. The fraction of sp³-hybridized carbons (Fsp3) is 0.357. The number of esters is 1. The van der Waals surface area contributed by atoms with E-state index in [0.717, 1.165) is 5.56 Å². The zero-order valence-corrected chi connectivity index (χ0v) is 11.9. The number of benzene rings is 1. The summed E-state index contributed by atoms with van der Waals surface area (Å²) >= 11 is 4.96. The summed E-state index contributed by atoms with van der Waals surface area (Å²) < 4.78 is 10.2. The predicted molar refractivity (Wildman–Crippen MR) is 76.0 cm³/mol. The van der Waals surface area contributed by atoms with Gasteiger partial charge in [-0.25, -0.2) is 0 Å². The molecule has 1 aromatic carbocycles. The van der Waals surface area contributed by atoms with Crippen LogP contribution in [0.3, 0.4) is 0 Å². The van der Waals surface area contributed by atoms with Crippen LogP contribution in [-0.4, -0.2) is 41.2 Å². The molecule has 0 aromatic heterocycles. The van der Waals surface area contributed by atoms with Crippen molar-refractivity contribution in [1.82, 2.24) is 4.90 Å². The third-order valence-corrected chi connectivity index (χ3v) is 3.21. The molecule has 5 nitrogen and oxygen atoms in total. The molecule has 106 valence electrons. The van der Waals surface area contributed by atoms with E-state index >= 15 is 0 Å². The molecule has 1 fully saturated rings. The zero-order valence-electron chi connectivity index (χ0n) is 11.1. The Morgan fingerprint density at radius 2 is 2.10 bits per heavy atom. The Morgan fingerprint density at radius 3 is 2.65 bits per heavy atom. The van der Waals surface area contributed by atoms with Crippen molar-refractivity contribution in [3.8, 4) is 0 Å². The number of ether oxygens (including phenoxy) is 2. The van der Waals surface area contributed by atoms with Crippen molar-refractivity contribution in [3.63, 3.8) is 0 Å². The van der Waals surface area contributed by atoms with Gasteiger partial charge in [-0.3, -0.25) is 14.5 Å². The van der Waals surface area contributed by atoms with Crippen LogP contribution in [0.2, 0.25) is 0 Å². The van der Waals surface area contributed by atoms with E-state index in [2.05, 4.69) is 0 Å². The molecule has 1 aromatic rings.